The normalized spacial score (nSPS) is 11.1. The molecule has 156 valence electrons. The zero-order chi connectivity index (χ0) is 21.7. The minimum atomic E-state index is -0.622. The Morgan fingerprint density at radius 2 is 2.13 bits per heavy atom. The molecule has 0 aliphatic heterocycles. The van der Waals surface area contributed by atoms with Crippen molar-refractivity contribution in [1.82, 2.24) is 19.9 Å². The number of halogens is 1. The summed E-state index contributed by atoms with van der Waals surface area (Å²) in [5, 5.41) is 15.6. The largest absolute Gasteiger partial charge is 0.444 e. The van der Waals surface area contributed by atoms with E-state index in [1.165, 1.54) is 12.4 Å². The van der Waals surface area contributed by atoms with Gasteiger partial charge in [0.25, 0.3) is 0 Å². The number of hydrogen-bond donors (Lipinski definition) is 2. The fourth-order valence-corrected chi connectivity index (χ4v) is 2.76. The zero-order valence-corrected chi connectivity index (χ0v) is 17.1. The second-order valence-electron chi connectivity index (χ2n) is 7.60. The van der Waals surface area contributed by atoms with Crippen LogP contribution in [0, 0.1) is 17.7 Å². The summed E-state index contributed by atoms with van der Waals surface area (Å²) < 4.78 is 21.4. The first kappa shape index (κ1) is 21.3. The van der Waals surface area contributed by atoms with Crippen LogP contribution in [0.2, 0.25) is 0 Å². The number of aliphatic hydroxyl groups is 1. The first-order valence-corrected chi connectivity index (χ1v) is 9.45. The van der Waals surface area contributed by atoms with Gasteiger partial charge in [0.15, 0.2) is 0 Å². The molecule has 0 saturated heterocycles. The summed E-state index contributed by atoms with van der Waals surface area (Å²) in [4.78, 5) is 16.1. The fraction of sp³-hybridized carbons (Fsp3) is 0.318. The van der Waals surface area contributed by atoms with Crippen LogP contribution in [0.3, 0.4) is 0 Å². The van der Waals surface area contributed by atoms with E-state index in [4.69, 9.17) is 9.84 Å². The number of ether oxygens (including phenoxy) is 1. The first-order chi connectivity index (χ1) is 14.3. The molecule has 2 aromatic heterocycles. The van der Waals surface area contributed by atoms with Gasteiger partial charge in [0, 0.05) is 35.9 Å². The van der Waals surface area contributed by atoms with Crippen molar-refractivity contribution in [3.05, 3.63) is 53.7 Å². The van der Waals surface area contributed by atoms with Gasteiger partial charge in [-0.05, 0) is 32.9 Å². The summed E-state index contributed by atoms with van der Waals surface area (Å²) in [6.45, 7) is 5.29. The van der Waals surface area contributed by atoms with Gasteiger partial charge in [-0.2, -0.15) is 5.10 Å². The summed E-state index contributed by atoms with van der Waals surface area (Å²) in [6, 6.07) is 6.53. The number of nitrogens with one attached hydrogen (secondary N) is 1. The van der Waals surface area contributed by atoms with Crippen molar-refractivity contribution in [2.45, 2.75) is 39.3 Å². The lowest BCUT2D eigenvalue weighted by molar-refractivity contribution is 0.0523. The molecule has 0 unspecified atom stereocenters. The number of aromatic nitrogens is 3. The highest BCUT2D eigenvalue weighted by Gasteiger charge is 2.17. The molecular formula is C22H23FN4O3. The summed E-state index contributed by atoms with van der Waals surface area (Å²) >= 11 is 0. The number of rotatable bonds is 4. The molecule has 30 heavy (non-hydrogen) atoms. The Labute approximate surface area is 173 Å². The maximum atomic E-state index is 14.6. The van der Waals surface area contributed by atoms with Crippen molar-refractivity contribution < 1.29 is 19.0 Å². The Bertz CT molecular complexity index is 1120. The maximum Gasteiger partial charge on any atom is 0.407 e. The highest BCUT2D eigenvalue weighted by molar-refractivity contribution is 5.78. The molecule has 0 atom stereocenters. The SMILES string of the molecule is CC(C)(C)OC(=O)NCc1ccc(-c2ncnn3cc(C#CCCO)cc23)cc1F. The lowest BCUT2D eigenvalue weighted by Gasteiger charge is -2.19. The lowest BCUT2D eigenvalue weighted by Crippen LogP contribution is -2.32. The molecule has 0 saturated carbocycles. The summed E-state index contributed by atoms with van der Waals surface area (Å²) in [5.41, 5.74) is 2.26. The number of fused-ring (bicyclic) bond motifs is 1. The van der Waals surface area contributed by atoms with Gasteiger partial charge in [0.2, 0.25) is 0 Å². The van der Waals surface area contributed by atoms with Gasteiger partial charge in [-0.25, -0.2) is 18.7 Å². The van der Waals surface area contributed by atoms with Crippen molar-refractivity contribution in [1.29, 1.82) is 0 Å². The molecule has 3 rings (SSSR count). The fourth-order valence-electron chi connectivity index (χ4n) is 2.76. The number of amides is 1. The summed E-state index contributed by atoms with van der Waals surface area (Å²) in [6.07, 6.45) is 2.92. The second kappa shape index (κ2) is 8.93. The Hall–Kier alpha value is -3.44. The van der Waals surface area contributed by atoms with Crippen LogP contribution in [0.4, 0.5) is 9.18 Å². The van der Waals surface area contributed by atoms with Gasteiger partial charge in [-0.3, -0.25) is 0 Å². The van der Waals surface area contributed by atoms with Gasteiger partial charge >= 0.3 is 6.09 Å². The van der Waals surface area contributed by atoms with Crippen LogP contribution < -0.4 is 5.32 Å². The number of benzene rings is 1. The number of carbonyl (C=O) groups is 1. The Kier molecular flexibility index (Phi) is 6.33. The van der Waals surface area contributed by atoms with E-state index in [0.717, 1.165) is 5.56 Å². The van der Waals surface area contributed by atoms with Crippen LogP contribution in [-0.4, -0.2) is 38.0 Å². The standard InChI is InChI=1S/C22H23FN4O3/c1-22(2,3)30-21(29)24-12-17-8-7-16(11-18(17)23)20-19-10-15(6-4-5-9-28)13-27(19)26-14-25-20/h7-8,10-11,13-14,28H,5,9,12H2,1-3H3,(H,24,29). The van der Waals surface area contributed by atoms with E-state index in [1.807, 2.05) is 6.07 Å². The topological polar surface area (TPSA) is 88.8 Å². The third-order valence-electron chi connectivity index (χ3n) is 4.02. The van der Waals surface area contributed by atoms with E-state index in [9.17, 15) is 9.18 Å². The second-order valence-corrected chi connectivity index (χ2v) is 7.60. The molecule has 0 aliphatic rings. The minimum Gasteiger partial charge on any atom is -0.444 e. The van der Waals surface area contributed by atoms with Crippen molar-refractivity contribution in [2.75, 3.05) is 6.61 Å². The third kappa shape index (κ3) is 5.33. The molecule has 0 spiro atoms. The van der Waals surface area contributed by atoms with Gasteiger partial charge in [0.1, 0.15) is 17.7 Å². The highest BCUT2D eigenvalue weighted by Crippen LogP contribution is 2.25. The van der Waals surface area contributed by atoms with Crippen LogP contribution in [-0.2, 0) is 11.3 Å². The number of carbonyl (C=O) groups excluding carboxylic acids is 1. The summed E-state index contributed by atoms with van der Waals surface area (Å²) in [7, 11) is 0. The molecule has 3 aromatic rings. The quantitative estimate of drug-likeness (QED) is 0.645. The molecule has 1 amide bonds. The Morgan fingerprint density at radius 1 is 1.33 bits per heavy atom. The minimum absolute atomic E-state index is 0.000162. The molecule has 0 fully saturated rings. The van der Waals surface area contributed by atoms with Crippen LogP contribution in [0.5, 0.6) is 0 Å². The first-order valence-electron chi connectivity index (χ1n) is 9.45. The van der Waals surface area contributed by atoms with Crippen molar-refractivity contribution in [3.63, 3.8) is 0 Å². The zero-order valence-electron chi connectivity index (χ0n) is 17.1. The third-order valence-corrected chi connectivity index (χ3v) is 4.02. The van der Waals surface area contributed by atoms with E-state index in [0.29, 0.717) is 28.8 Å². The smallest absolute Gasteiger partial charge is 0.407 e. The molecule has 1 aromatic carbocycles. The van der Waals surface area contributed by atoms with Crippen molar-refractivity contribution in [2.24, 2.45) is 0 Å². The van der Waals surface area contributed by atoms with Crippen LogP contribution >= 0.6 is 0 Å². The lowest BCUT2D eigenvalue weighted by atomic mass is 10.1. The average Bonchev–Trinajstić information content (AvgIpc) is 3.08. The van der Waals surface area contributed by atoms with E-state index >= 15 is 0 Å². The van der Waals surface area contributed by atoms with Crippen LogP contribution in [0.25, 0.3) is 16.8 Å². The van der Waals surface area contributed by atoms with Crippen molar-refractivity contribution >= 4 is 11.6 Å². The van der Waals surface area contributed by atoms with Gasteiger partial charge in [-0.15, -0.1) is 0 Å². The van der Waals surface area contributed by atoms with Crippen LogP contribution in [0.15, 0.2) is 36.8 Å². The molecule has 0 radical (unpaired) electrons. The molecule has 8 heteroatoms. The van der Waals surface area contributed by atoms with Crippen molar-refractivity contribution in [3.8, 4) is 23.1 Å². The summed E-state index contributed by atoms with van der Waals surface area (Å²) in [5.74, 6) is 5.35. The highest BCUT2D eigenvalue weighted by atomic mass is 19.1. The molecule has 0 aliphatic carbocycles. The van der Waals surface area contributed by atoms with E-state index in [-0.39, 0.29) is 13.2 Å². The monoisotopic (exact) mass is 410 g/mol. The number of hydrogen-bond acceptors (Lipinski definition) is 5. The molecular weight excluding hydrogens is 387 g/mol. The van der Waals surface area contributed by atoms with E-state index in [2.05, 4.69) is 27.2 Å². The maximum absolute atomic E-state index is 14.6. The van der Waals surface area contributed by atoms with E-state index in [1.54, 1.807) is 43.6 Å². The van der Waals surface area contributed by atoms with Crippen LogP contribution in [0.1, 0.15) is 38.3 Å². The Morgan fingerprint density at radius 3 is 2.83 bits per heavy atom. The molecule has 2 heterocycles. The van der Waals surface area contributed by atoms with Gasteiger partial charge < -0.3 is 15.2 Å². The molecule has 2 N–H and O–H groups in total. The molecule has 0 bridgehead atoms. The average molecular weight is 410 g/mol. The predicted molar refractivity (Wildman–Crippen MR) is 110 cm³/mol. The van der Waals surface area contributed by atoms with Gasteiger partial charge in [0.05, 0.1) is 17.8 Å². The van der Waals surface area contributed by atoms with E-state index < -0.39 is 17.5 Å². The van der Waals surface area contributed by atoms with Gasteiger partial charge in [-0.1, -0.05) is 24.0 Å². The molecule has 7 nitrogen and oxygen atoms in total. The number of alkyl carbamates (subject to hydrolysis) is 1. The number of aliphatic hydroxyl groups excluding tert-OH is 1. The number of nitrogens with zero attached hydrogens (tertiary/aromatic N) is 3. The Balaban J connectivity index is 1.82. The predicted octanol–water partition coefficient (Wildman–Crippen LogP) is 3.29.